The summed E-state index contributed by atoms with van der Waals surface area (Å²) in [6.07, 6.45) is 2.46. The molecule has 4 rings (SSSR count). The SMILES string of the molecule is NC(=O)c1ccc(Sc2ccnc(Cc3ccc(N4CCOCC4)cc3)n2)cc1. The summed E-state index contributed by atoms with van der Waals surface area (Å²) in [5.41, 5.74) is 8.18. The molecule has 2 N–H and O–H groups in total. The molecule has 0 atom stereocenters. The summed E-state index contributed by atoms with van der Waals surface area (Å²) in [5, 5.41) is 0.867. The molecule has 1 aliphatic heterocycles. The molecular weight excluding hydrogens is 384 g/mol. The topological polar surface area (TPSA) is 81.3 Å². The summed E-state index contributed by atoms with van der Waals surface area (Å²) in [6.45, 7) is 3.43. The number of carbonyl (C=O) groups excluding carboxylic acids is 1. The zero-order valence-electron chi connectivity index (χ0n) is 16.0. The highest BCUT2D eigenvalue weighted by molar-refractivity contribution is 7.99. The number of rotatable bonds is 6. The van der Waals surface area contributed by atoms with Gasteiger partial charge in [0.1, 0.15) is 10.9 Å². The Morgan fingerprint density at radius 1 is 1.03 bits per heavy atom. The Balaban J connectivity index is 1.41. The smallest absolute Gasteiger partial charge is 0.248 e. The average molecular weight is 407 g/mol. The van der Waals surface area contributed by atoms with Crippen molar-refractivity contribution >= 4 is 23.4 Å². The number of nitrogens with two attached hydrogens (primary N) is 1. The minimum absolute atomic E-state index is 0.425. The second-order valence-corrected chi connectivity index (χ2v) is 7.84. The average Bonchev–Trinajstić information content (AvgIpc) is 2.76. The van der Waals surface area contributed by atoms with Gasteiger partial charge in [-0.3, -0.25) is 4.79 Å². The summed E-state index contributed by atoms with van der Waals surface area (Å²) in [4.78, 5) is 23.6. The van der Waals surface area contributed by atoms with Crippen molar-refractivity contribution in [1.29, 1.82) is 0 Å². The van der Waals surface area contributed by atoms with Crippen molar-refractivity contribution in [2.75, 3.05) is 31.2 Å². The Morgan fingerprint density at radius 2 is 1.76 bits per heavy atom. The van der Waals surface area contributed by atoms with E-state index in [0.29, 0.717) is 12.0 Å². The maximum atomic E-state index is 11.2. The molecule has 148 valence electrons. The van der Waals surface area contributed by atoms with Crippen LogP contribution in [-0.2, 0) is 11.2 Å². The first kappa shape index (κ1) is 19.4. The van der Waals surface area contributed by atoms with Gasteiger partial charge in [-0.15, -0.1) is 0 Å². The number of hydrogen-bond acceptors (Lipinski definition) is 6. The monoisotopic (exact) mass is 406 g/mol. The zero-order chi connectivity index (χ0) is 20.1. The lowest BCUT2D eigenvalue weighted by Crippen LogP contribution is -2.36. The van der Waals surface area contributed by atoms with Gasteiger partial charge >= 0.3 is 0 Å². The molecule has 0 bridgehead atoms. The highest BCUT2D eigenvalue weighted by Gasteiger charge is 2.11. The van der Waals surface area contributed by atoms with Gasteiger partial charge in [-0.1, -0.05) is 23.9 Å². The minimum atomic E-state index is -0.425. The fraction of sp³-hybridized carbons (Fsp3) is 0.227. The largest absolute Gasteiger partial charge is 0.378 e. The van der Waals surface area contributed by atoms with Crippen LogP contribution in [0.3, 0.4) is 0 Å². The van der Waals surface area contributed by atoms with Crippen LogP contribution >= 0.6 is 11.8 Å². The number of nitrogens with zero attached hydrogens (tertiary/aromatic N) is 3. The zero-order valence-corrected chi connectivity index (χ0v) is 16.8. The fourth-order valence-electron chi connectivity index (χ4n) is 3.16. The molecule has 2 heterocycles. The summed E-state index contributed by atoms with van der Waals surface area (Å²) in [5.74, 6) is 0.355. The third kappa shape index (κ3) is 5.13. The maximum Gasteiger partial charge on any atom is 0.248 e. The molecule has 2 aromatic carbocycles. The van der Waals surface area contributed by atoms with Crippen molar-refractivity contribution in [1.82, 2.24) is 9.97 Å². The van der Waals surface area contributed by atoms with Crippen molar-refractivity contribution in [2.24, 2.45) is 5.73 Å². The van der Waals surface area contributed by atoms with Crippen molar-refractivity contribution in [3.8, 4) is 0 Å². The van der Waals surface area contributed by atoms with Crippen molar-refractivity contribution in [3.05, 3.63) is 77.7 Å². The second-order valence-electron chi connectivity index (χ2n) is 6.74. The van der Waals surface area contributed by atoms with Gasteiger partial charge in [0.05, 0.1) is 13.2 Å². The number of primary amides is 1. The van der Waals surface area contributed by atoms with E-state index in [1.807, 2.05) is 18.2 Å². The number of hydrogen-bond donors (Lipinski definition) is 1. The molecule has 1 fully saturated rings. The summed E-state index contributed by atoms with van der Waals surface area (Å²) in [6, 6.07) is 17.7. The molecular formula is C22H22N4O2S. The van der Waals surface area contributed by atoms with Crippen LogP contribution in [0.1, 0.15) is 21.7 Å². The van der Waals surface area contributed by atoms with Crippen LogP contribution in [0.4, 0.5) is 5.69 Å². The fourth-order valence-corrected chi connectivity index (χ4v) is 3.95. The van der Waals surface area contributed by atoms with Crippen LogP contribution in [0, 0.1) is 0 Å². The van der Waals surface area contributed by atoms with Crippen LogP contribution in [0.5, 0.6) is 0 Å². The van der Waals surface area contributed by atoms with E-state index in [9.17, 15) is 4.79 Å². The van der Waals surface area contributed by atoms with Crippen molar-refractivity contribution in [3.63, 3.8) is 0 Å². The van der Waals surface area contributed by atoms with E-state index >= 15 is 0 Å². The second kappa shape index (κ2) is 9.07. The van der Waals surface area contributed by atoms with Gasteiger partial charge in [0.25, 0.3) is 0 Å². The summed E-state index contributed by atoms with van der Waals surface area (Å²) in [7, 11) is 0. The minimum Gasteiger partial charge on any atom is -0.378 e. The highest BCUT2D eigenvalue weighted by atomic mass is 32.2. The Morgan fingerprint density at radius 3 is 2.45 bits per heavy atom. The number of carbonyl (C=O) groups is 1. The molecule has 0 radical (unpaired) electrons. The standard InChI is InChI=1S/C22H22N4O2S/c23-22(27)17-3-7-19(8-4-17)29-21-9-10-24-20(25-21)15-16-1-5-18(6-2-16)26-11-13-28-14-12-26/h1-10H,11-15H2,(H2,23,27). The van der Waals surface area contributed by atoms with Crippen LogP contribution < -0.4 is 10.6 Å². The molecule has 29 heavy (non-hydrogen) atoms. The van der Waals surface area contributed by atoms with E-state index in [4.69, 9.17) is 10.5 Å². The first-order valence-electron chi connectivity index (χ1n) is 9.49. The predicted octanol–water partition coefficient (Wildman–Crippen LogP) is 3.15. The van der Waals surface area contributed by atoms with Crippen LogP contribution in [0.15, 0.2) is 70.7 Å². The molecule has 0 spiro atoms. The third-order valence-electron chi connectivity index (χ3n) is 4.72. The Kier molecular flexibility index (Phi) is 6.07. The van der Waals surface area contributed by atoms with Crippen molar-refractivity contribution < 1.29 is 9.53 Å². The van der Waals surface area contributed by atoms with E-state index in [1.54, 1.807) is 18.3 Å². The number of morpholine rings is 1. The molecule has 1 aliphatic rings. The number of anilines is 1. The van der Waals surface area contributed by atoms with Crippen LogP contribution in [0.2, 0.25) is 0 Å². The van der Waals surface area contributed by atoms with E-state index < -0.39 is 5.91 Å². The lowest BCUT2D eigenvalue weighted by Gasteiger charge is -2.28. The Hall–Kier alpha value is -2.90. The molecule has 1 saturated heterocycles. The number of amides is 1. The van der Waals surface area contributed by atoms with Gasteiger partial charge in [0.15, 0.2) is 0 Å². The van der Waals surface area contributed by atoms with Crippen LogP contribution in [0.25, 0.3) is 0 Å². The predicted molar refractivity (Wildman–Crippen MR) is 113 cm³/mol. The Bertz CT molecular complexity index is 971. The molecule has 0 saturated carbocycles. The van der Waals surface area contributed by atoms with Gasteiger partial charge in [-0.05, 0) is 48.0 Å². The molecule has 6 nitrogen and oxygen atoms in total. The molecule has 0 unspecified atom stereocenters. The molecule has 1 amide bonds. The normalized spacial score (nSPS) is 14.0. The molecule has 1 aromatic heterocycles. The summed E-state index contributed by atoms with van der Waals surface area (Å²) < 4.78 is 5.41. The summed E-state index contributed by atoms with van der Waals surface area (Å²) >= 11 is 1.53. The molecule has 7 heteroatoms. The maximum absolute atomic E-state index is 11.2. The first-order chi connectivity index (χ1) is 14.2. The first-order valence-corrected chi connectivity index (χ1v) is 10.3. The van der Waals surface area contributed by atoms with E-state index in [-0.39, 0.29) is 0 Å². The van der Waals surface area contributed by atoms with Gasteiger partial charge in [-0.2, -0.15) is 0 Å². The van der Waals surface area contributed by atoms with E-state index in [0.717, 1.165) is 42.0 Å². The van der Waals surface area contributed by atoms with Gasteiger partial charge in [-0.25, -0.2) is 9.97 Å². The number of ether oxygens (including phenoxy) is 1. The highest BCUT2D eigenvalue weighted by Crippen LogP contribution is 2.26. The number of benzene rings is 2. The van der Waals surface area contributed by atoms with E-state index in [2.05, 4.69) is 39.1 Å². The lowest BCUT2D eigenvalue weighted by atomic mass is 10.1. The van der Waals surface area contributed by atoms with Crippen molar-refractivity contribution in [2.45, 2.75) is 16.3 Å². The Labute approximate surface area is 174 Å². The third-order valence-corrected chi connectivity index (χ3v) is 5.66. The van der Waals surface area contributed by atoms with Gasteiger partial charge in [0, 0.05) is 41.9 Å². The van der Waals surface area contributed by atoms with Gasteiger partial charge < -0.3 is 15.4 Å². The quantitative estimate of drug-likeness (QED) is 0.634. The van der Waals surface area contributed by atoms with Crippen LogP contribution in [-0.4, -0.2) is 42.2 Å². The van der Waals surface area contributed by atoms with E-state index in [1.165, 1.54) is 23.0 Å². The molecule has 0 aliphatic carbocycles. The van der Waals surface area contributed by atoms with Gasteiger partial charge in [0.2, 0.25) is 5.91 Å². The molecule has 3 aromatic rings. The number of aromatic nitrogens is 2. The lowest BCUT2D eigenvalue weighted by molar-refractivity contribution is 0.1000.